The summed E-state index contributed by atoms with van der Waals surface area (Å²) in [5.41, 5.74) is 1.03. The zero-order chi connectivity index (χ0) is 13.8. The fraction of sp³-hybridized carbons (Fsp3) is 0.167. The molecule has 0 aromatic heterocycles. The van der Waals surface area contributed by atoms with Crippen molar-refractivity contribution in [1.82, 2.24) is 0 Å². The molecular weight excluding hydrogens is 263 g/mol. The fourth-order valence-corrected chi connectivity index (χ4v) is 5.44. The van der Waals surface area contributed by atoms with Crippen LogP contribution in [-0.2, 0) is 4.79 Å². The van der Waals surface area contributed by atoms with E-state index in [1.807, 2.05) is 12.1 Å². The Labute approximate surface area is 121 Å². The van der Waals surface area contributed by atoms with Crippen LogP contribution in [0, 0.1) is 0 Å². The zero-order valence-corrected chi connectivity index (χ0v) is 12.2. The Morgan fingerprint density at radius 3 is 1.85 bits per heavy atom. The van der Waals surface area contributed by atoms with E-state index in [9.17, 15) is 4.79 Å². The summed E-state index contributed by atoms with van der Waals surface area (Å²) < 4.78 is 0. The Hall–Kier alpha value is -1.72. The lowest BCUT2D eigenvalue weighted by atomic mass is 10.3. The van der Waals surface area contributed by atoms with Crippen molar-refractivity contribution in [2.45, 2.75) is 19.3 Å². The highest BCUT2D eigenvalue weighted by molar-refractivity contribution is 7.76. The van der Waals surface area contributed by atoms with Gasteiger partial charge in [-0.3, -0.25) is 4.79 Å². The van der Waals surface area contributed by atoms with Gasteiger partial charge in [-0.05, 0) is 48.7 Å². The van der Waals surface area contributed by atoms with Gasteiger partial charge in [-0.2, -0.15) is 0 Å². The third-order valence-electron chi connectivity index (χ3n) is 3.67. The summed E-state index contributed by atoms with van der Waals surface area (Å²) in [5, 5.41) is 4.04. The summed E-state index contributed by atoms with van der Waals surface area (Å²) in [7, 11) is -0.549. The van der Waals surface area contributed by atoms with Crippen LogP contribution in [0.15, 0.2) is 71.6 Å². The molecule has 20 heavy (non-hydrogen) atoms. The van der Waals surface area contributed by atoms with E-state index in [4.69, 9.17) is 0 Å². The Balaban J connectivity index is 2.12. The molecule has 0 saturated heterocycles. The predicted molar refractivity (Wildman–Crippen MR) is 86.0 cm³/mol. The lowest BCUT2D eigenvalue weighted by Crippen LogP contribution is -2.13. The standard InChI is InChI=1S/C18H17OP/c19-14-15-8-7-13-18(15)20(16-9-3-1-4-10-16)17-11-5-2-6-12-17/h1-6,9-12,14H,7-8,13H2. The van der Waals surface area contributed by atoms with E-state index in [0.717, 1.165) is 31.1 Å². The first-order valence-electron chi connectivity index (χ1n) is 6.97. The largest absolute Gasteiger partial charge is 0.298 e. The van der Waals surface area contributed by atoms with Crippen LogP contribution in [0.4, 0.5) is 0 Å². The van der Waals surface area contributed by atoms with Crippen LogP contribution in [0.2, 0.25) is 0 Å². The number of rotatable bonds is 4. The first kappa shape index (κ1) is 13.3. The molecule has 0 radical (unpaired) electrons. The van der Waals surface area contributed by atoms with Crippen molar-refractivity contribution in [1.29, 1.82) is 0 Å². The molecule has 0 amide bonds. The smallest absolute Gasteiger partial charge is 0.146 e. The molecule has 2 aromatic rings. The van der Waals surface area contributed by atoms with Gasteiger partial charge in [0.25, 0.3) is 0 Å². The molecular formula is C18H17OP. The number of allylic oxidation sites excluding steroid dienone is 2. The van der Waals surface area contributed by atoms with Gasteiger partial charge in [0.15, 0.2) is 0 Å². The molecule has 0 heterocycles. The highest BCUT2D eigenvalue weighted by Crippen LogP contribution is 2.50. The van der Waals surface area contributed by atoms with Crippen LogP contribution < -0.4 is 10.6 Å². The minimum atomic E-state index is -0.549. The molecule has 1 nitrogen and oxygen atoms in total. The summed E-state index contributed by atoms with van der Waals surface area (Å²) >= 11 is 0. The van der Waals surface area contributed by atoms with Crippen LogP contribution in [0.3, 0.4) is 0 Å². The van der Waals surface area contributed by atoms with Gasteiger partial charge in [0.2, 0.25) is 0 Å². The molecule has 0 N–H and O–H groups in total. The van der Waals surface area contributed by atoms with Crippen LogP contribution in [0.25, 0.3) is 0 Å². The molecule has 2 aromatic carbocycles. The molecule has 3 rings (SSSR count). The van der Waals surface area contributed by atoms with Gasteiger partial charge < -0.3 is 0 Å². The molecule has 0 spiro atoms. The fourth-order valence-electron chi connectivity index (χ4n) is 2.75. The number of carbonyl (C=O) groups is 1. The second-order valence-corrected chi connectivity index (χ2v) is 7.19. The SMILES string of the molecule is O=CC1=C(P(c2ccccc2)c2ccccc2)CCC1. The maximum atomic E-state index is 11.3. The summed E-state index contributed by atoms with van der Waals surface area (Å²) in [6.07, 6.45) is 4.19. The molecule has 1 aliphatic rings. The van der Waals surface area contributed by atoms with Gasteiger partial charge in [-0.15, -0.1) is 0 Å². The van der Waals surface area contributed by atoms with E-state index in [0.29, 0.717) is 0 Å². The van der Waals surface area contributed by atoms with Crippen molar-refractivity contribution >= 4 is 24.8 Å². The minimum Gasteiger partial charge on any atom is -0.298 e. The predicted octanol–water partition coefficient (Wildman–Crippen LogP) is 3.76. The molecule has 0 fully saturated rings. The van der Waals surface area contributed by atoms with Gasteiger partial charge in [0.05, 0.1) is 0 Å². The van der Waals surface area contributed by atoms with E-state index < -0.39 is 7.92 Å². The second kappa shape index (κ2) is 6.15. The van der Waals surface area contributed by atoms with E-state index >= 15 is 0 Å². The Bertz CT molecular complexity index is 577. The van der Waals surface area contributed by atoms with Crippen LogP contribution in [0.1, 0.15) is 19.3 Å². The average molecular weight is 280 g/mol. The van der Waals surface area contributed by atoms with Crippen molar-refractivity contribution in [2.75, 3.05) is 0 Å². The molecule has 0 unspecified atom stereocenters. The third kappa shape index (κ3) is 2.59. The quantitative estimate of drug-likeness (QED) is 0.615. The van der Waals surface area contributed by atoms with E-state index in [2.05, 4.69) is 48.5 Å². The first-order valence-corrected chi connectivity index (χ1v) is 8.32. The Morgan fingerprint density at radius 1 is 0.800 bits per heavy atom. The van der Waals surface area contributed by atoms with Crippen LogP contribution >= 0.6 is 7.92 Å². The summed E-state index contributed by atoms with van der Waals surface area (Å²) in [4.78, 5) is 11.3. The number of benzene rings is 2. The zero-order valence-electron chi connectivity index (χ0n) is 11.3. The van der Waals surface area contributed by atoms with Gasteiger partial charge in [-0.1, -0.05) is 60.7 Å². The molecule has 1 aliphatic carbocycles. The maximum absolute atomic E-state index is 11.3. The molecule has 100 valence electrons. The highest BCUT2D eigenvalue weighted by atomic mass is 31.1. The monoisotopic (exact) mass is 280 g/mol. The third-order valence-corrected chi connectivity index (χ3v) is 6.35. The van der Waals surface area contributed by atoms with Crippen molar-refractivity contribution in [3.63, 3.8) is 0 Å². The molecule has 0 aliphatic heterocycles. The number of hydrogen-bond donors (Lipinski definition) is 0. The lowest BCUT2D eigenvalue weighted by molar-refractivity contribution is -0.105. The number of aldehydes is 1. The molecule has 2 heteroatoms. The van der Waals surface area contributed by atoms with Crippen LogP contribution in [-0.4, -0.2) is 6.29 Å². The molecule has 0 saturated carbocycles. The average Bonchev–Trinajstić information content (AvgIpc) is 2.98. The Kier molecular flexibility index (Phi) is 4.08. The van der Waals surface area contributed by atoms with Crippen molar-refractivity contribution in [3.8, 4) is 0 Å². The van der Waals surface area contributed by atoms with E-state index in [1.54, 1.807) is 0 Å². The van der Waals surface area contributed by atoms with Gasteiger partial charge in [-0.25, -0.2) is 0 Å². The number of carbonyl (C=O) groups excluding carboxylic acids is 1. The van der Waals surface area contributed by atoms with Crippen molar-refractivity contribution in [2.24, 2.45) is 0 Å². The first-order chi connectivity index (χ1) is 9.90. The van der Waals surface area contributed by atoms with Gasteiger partial charge in [0.1, 0.15) is 6.29 Å². The second-order valence-electron chi connectivity index (χ2n) is 4.95. The lowest BCUT2D eigenvalue weighted by Gasteiger charge is -2.21. The summed E-state index contributed by atoms with van der Waals surface area (Å²) in [5.74, 6) is 0. The van der Waals surface area contributed by atoms with E-state index in [-0.39, 0.29) is 0 Å². The topological polar surface area (TPSA) is 17.1 Å². The van der Waals surface area contributed by atoms with Crippen molar-refractivity contribution in [3.05, 3.63) is 71.6 Å². The normalized spacial score (nSPS) is 14.8. The summed E-state index contributed by atoms with van der Waals surface area (Å²) in [6, 6.07) is 21.2. The van der Waals surface area contributed by atoms with Gasteiger partial charge >= 0.3 is 0 Å². The molecule has 0 bridgehead atoms. The van der Waals surface area contributed by atoms with E-state index in [1.165, 1.54) is 15.9 Å². The summed E-state index contributed by atoms with van der Waals surface area (Å²) in [6.45, 7) is 0. The van der Waals surface area contributed by atoms with Gasteiger partial charge in [0, 0.05) is 0 Å². The number of hydrogen-bond acceptors (Lipinski definition) is 1. The van der Waals surface area contributed by atoms with Crippen LogP contribution in [0.5, 0.6) is 0 Å². The maximum Gasteiger partial charge on any atom is 0.146 e. The highest BCUT2D eigenvalue weighted by Gasteiger charge is 2.24. The minimum absolute atomic E-state index is 0.549. The Morgan fingerprint density at radius 2 is 1.35 bits per heavy atom. The molecule has 0 atom stereocenters. The van der Waals surface area contributed by atoms with Crippen molar-refractivity contribution < 1.29 is 4.79 Å².